The van der Waals surface area contributed by atoms with Crippen molar-refractivity contribution in [1.82, 2.24) is 4.57 Å². The van der Waals surface area contributed by atoms with E-state index in [-0.39, 0.29) is 5.88 Å². The zero-order valence-electron chi connectivity index (χ0n) is 7.73. The molecule has 1 aromatic heterocycles. The lowest BCUT2D eigenvalue weighted by atomic mass is 10.4. The monoisotopic (exact) mass is 233 g/mol. The third kappa shape index (κ3) is 2.55. The fraction of sp³-hybridized carbons (Fsp3) is 0.500. The second-order valence-electron chi connectivity index (χ2n) is 2.66. The molecule has 1 aromatic rings. The Hall–Kier alpha value is -0.880. The summed E-state index contributed by atoms with van der Waals surface area (Å²) in [4.78, 5) is 11.3. The molecule has 14 heavy (non-hydrogen) atoms. The largest absolute Gasteiger partial charge is 0.493 e. The first kappa shape index (κ1) is 11.2. The van der Waals surface area contributed by atoms with Gasteiger partial charge in [-0.05, 0) is 18.6 Å². The van der Waals surface area contributed by atoms with Crippen molar-refractivity contribution in [3.8, 4) is 5.88 Å². The van der Waals surface area contributed by atoms with Crippen molar-refractivity contribution in [1.29, 1.82) is 0 Å². The molecule has 0 saturated carbocycles. The average Bonchev–Trinajstić information content (AvgIpc) is 2.46. The van der Waals surface area contributed by atoms with Crippen LogP contribution in [0.15, 0.2) is 5.38 Å². The average molecular weight is 233 g/mol. The lowest BCUT2D eigenvalue weighted by Crippen LogP contribution is -2.13. The van der Waals surface area contributed by atoms with Crippen LogP contribution in [0.3, 0.4) is 0 Å². The summed E-state index contributed by atoms with van der Waals surface area (Å²) < 4.78 is 6.17. The zero-order valence-corrected chi connectivity index (χ0v) is 9.36. The minimum absolute atomic E-state index is 0.165. The van der Waals surface area contributed by atoms with Crippen LogP contribution in [0.25, 0.3) is 0 Å². The molecule has 1 rings (SSSR count). The van der Waals surface area contributed by atoms with E-state index in [9.17, 15) is 9.90 Å². The van der Waals surface area contributed by atoms with Crippen molar-refractivity contribution in [3.05, 3.63) is 9.33 Å². The van der Waals surface area contributed by atoms with Crippen molar-refractivity contribution in [2.75, 3.05) is 6.61 Å². The Labute approximate surface area is 90.8 Å². The van der Waals surface area contributed by atoms with Crippen LogP contribution < -0.4 is 0 Å². The van der Waals surface area contributed by atoms with Crippen molar-refractivity contribution >= 4 is 29.6 Å². The van der Waals surface area contributed by atoms with E-state index in [0.717, 1.165) is 28.7 Å². The fourth-order valence-corrected chi connectivity index (χ4v) is 1.74. The molecular formula is C8H11NO3S2. The van der Waals surface area contributed by atoms with Gasteiger partial charge < -0.3 is 9.84 Å². The smallest absolute Gasteiger partial charge is 0.422 e. The van der Waals surface area contributed by atoms with E-state index < -0.39 is 6.09 Å². The van der Waals surface area contributed by atoms with E-state index >= 15 is 0 Å². The van der Waals surface area contributed by atoms with E-state index in [2.05, 4.69) is 0 Å². The minimum atomic E-state index is -0.609. The van der Waals surface area contributed by atoms with Crippen molar-refractivity contribution in [2.45, 2.75) is 19.8 Å². The molecule has 0 aliphatic carbocycles. The maximum atomic E-state index is 11.3. The Morgan fingerprint density at radius 3 is 3.00 bits per heavy atom. The Bertz CT molecular complexity index is 369. The number of ether oxygens (including phenoxy) is 1. The highest BCUT2D eigenvalue weighted by Gasteiger charge is 2.12. The molecule has 0 amide bonds. The van der Waals surface area contributed by atoms with Gasteiger partial charge in [0.1, 0.15) is 0 Å². The van der Waals surface area contributed by atoms with Crippen molar-refractivity contribution in [2.24, 2.45) is 0 Å². The number of unbranched alkanes of at least 4 members (excludes halogenated alkanes) is 1. The molecule has 0 aliphatic rings. The third-order valence-electron chi connectivity index (χ3n) is 1.58. The fourth-order valence-electron chi connectivity index (χ4n) is 0.838. The van der Waals surface area contributed by atoms with Crippen LogP contribution in [-0.2, 0) is 4.74 Å². The van der Waals surface area contributed by atoms with Gasteiger partial charge in [-0.1, -0.05) is 13.3 Å². The summed E-state index contributed by atoms with van der Waals surface area (Å²) in [5.74, 6) is -0.165. The van der Waals surface area contributed by atoms with Crippen LogP contribution >= 0.6 is 23.6 Å². The van der Waals surface area contributed by atoms with E-state index in [4.69, 9.17) is 17.0 Å². The molecule has 1 N–H and O–H groups in total. The van der Waals surface area contributed by atoms with Crippen LogP contribution in [-0.4, -0.2) is 22.4 Å². The third-order valence-corrected chi connectivity index (χ3v) is 2.77. The van der Waals surface area contributed by atoms with E-state index in [1.807, 2.05) is 6.92 Å². The van der Waals surface area contributed by atoms with E-state index in [0.29, 0.717) is 10.6 Å². The highest BCUT2D eigenvalue weighted by Crippen LogP contribution is 2.17. The first-order chi connectivity index (χ1) is 6.66. The molecule has 0 aliphatic heterocycles. The second-order valence-corrected chi connectivity index (χ2v) is 4.17. The molecule has 0 unspecified atom stereocenters. The number of hydrogen-bond acceptors (Lipinski definition) is 5. The van der Waals surface area contributed by atoms with Crippen LogP contribution in [0.1, 0.15) is 19.8 Å². The van der Waals surface area contributed by atoms with Crippen molar-refractivity contribution in [3.63, 3.8) is 0 Å². The maximum absolute atomic E-state index is 11.3. The quantitative estimate of drug-likeness (QED) is 0.644. The zero-order chi connectivity index (χ0) is 10.6. The summed E-state index contributed by atoms with van der Waals surface area (Å²) in [6.45, 7) is 2.36. The standard InChI is InChI=1S/C8H11NO3S2/c1-2-3-4-12-7(11)9-6(10)5-14-8(9)13/h5,10H,2-4H2,1H3. The first-order valence-corrected chi connectivity index (χ1v) is 5.52. The summed E-state index contributed by atoms with van der Waals surface area (Å²) in [7, 11) is 0. The van der Waals surface area contributed by atoms with Gasteiger partial charge in [0.05, 0.1) is 12.0 Å². The number of aromatic nitrogens is 1. The molecule has 0 radical (unpaired) electrons. The normalized spacial score (nSPS) is 10.1. The number of carbonyl (C=O) groups is 1. The van der Waals surface area contributed by atoms with Gasteiger partial charge in [0.15, 0.2) is 3.95 Å². The van der Waals surface area contributed by atoms with Crippen LogP contribution in [0.4, 0.5) is 4.79 Å². The number of hydrogen-bond donors (Lipinski definition) is 1. The SMILES string of the molecule is CCCCOC(=O)n1c(O)csc1=S. The summed E-state index contributed by atoms with van der Waals surface area (Å²) in [5, 5.41) is 10.7. The molecule has 0 bridgehead atoms. The summed E-state index contributed by atoms with van der Waals surface area (Å²) in [5.41, 5.74) is 0. The lowest BCUT2D eigenvalue weighted by molar-refractivity contribution is 0.143. The molecule has 0 spiro atoms. The summed E-state index contributed by atoms with van der Waals surface area (Å²) in [6.07, 6.45) is 1.15. The summed E-state index contributed by atoms with van der Waals surface area (Å²) >= 11 is 5.97. The number of nitrogens with zero attached hydrogens (tertiary/aromatic N) is 1. The molecule has 6 heteroatoms. The Kier molecular flexibility index (Phi) is 4.09. The maximum Gasteiger partial charge on any atom is 0.422 e. The number of aromatic hydroxyl groups is 1. The molecule has 0 aromatic carbocycles. The topological polar surface area (TPSA) is 51.5 Å². The molecule has 0 atom stereocenters. The van der Waals surface area contributed by atoms with Gasteiger partial charge in [0, 0.05) is 0 Å². The Morgan fingerprint density at radius 2 is 2.50 bits per heavy atom. The number of rotatable bonds is 3. The van der Waals surface area contributed by atoms with Gasteiger partial charge in [-0.25, -0.2) is 4.79 Å². The summed E-state index contributed by atoms with van der Waals surface area (Å²) in [6, 6.07) is 0. The highest BCUT2D eigenvalue weighted by atomic mass is 32.1. The number of carbonyl (C=O) groups excluding carboxylic acids is 1. The van der Waals surface area contributed by atoms with Gasteiger partial charge in [-0.15, -0.1) is 11.3 Å². The first-order valence-electron chi connectivity index (χ1n) is 4.23. The Morgan fingerprint density at radius 1 is 1.79 bits per heavy atom. The molecule has 1 heterocycles. The van der Waals surface area contributed by atoms with Gasteiger partial charge in [0.25, 0.3) is 0 Å². The molecule has 0 saturated heterocycles. The molecular weight excluding hydrogens is 222 g/mol. The van der Waals surface area contributed by atoms with Gasteiger partial charge in [0.2, 0.25) is 5.88 Å². The second kappa shape index (κ2) is 5.11. The molecule has 4 nitrogen and oxygen atoms in total. The van der Waals surface area contributed by atoms with Gasteiger partial charge in [-0.2, -0.15) is 4.57 Å². The lowest BCUT2D eigenvalue weighted by Gasteiger charge is -2.04. The number of thiazole rings is 1. The Balaban J connectivity index is 2.65. The van der Waals surface area contributed by atoms with E-state index in [1.54, 1.807) is 0 Å². The van der Waals surface area contributed by atoms with Gasteiger partial charge >= 0.3 is 6.09 Å². The van der Waals surface area contributed by atoms with Crippen LogP contribution in [0.5, 0.6) is 5.88 Å². The molecule has 0 fully saturated rings. The minimum Gasteiger partial charge on any atom is -0.493 e. The predicted molar refractivity (Wildman–Crippen MR) is 56.5 cm³/mol. The van der Waals surface area contributed by atoms with E-state index in [1.165, 1.54) is 5.38 Å². The molecule has 78 valence electrons. The predicted octanol–water partition coefficient (Wildman–Crippen LogP) is 2.77. The highest BCUT2D eigenvalue weighted by molar-refractivity contribution is 7.73. The van der Waals surface area contributed by atoms with Gasteiger partial charge in [-0.3, -0.25) is 0 Å². The van der Waals surface area contributed by atoms with Crippen LogP contribution in [0.2, 0.25) is 0 Å². The van der Waals surface area contributed by atoms with Crippen LogP contribution in [0, 0.1) is 3.95 Å². The van der Waals surface area contributed by atoms with Crippen molar-refractivity contribution < 1.29 is 14.6 Å².